The smallest absolute Gasteiger partial charge is 0.283 e. The minimum absolute atomic E-state index is 0.0258. The van der Waals surface area contributed by atoms with E-state index >= 15 is 0 Å². The van der Waals surface area contributed by atoms with Crippen LogP contribution in [0.4, 0.5) is 5.69 Å². The van der Waals surface area contributed by atoms with Crippen molar-refractivity contribution in [3.05, 3.63) is 21.0 Å². The molecule has 0 radical (unpaired) electrons. The molecule has 0 aromatic carbocycles. The van der Waals surface area contributed by atoms with Crippen LogP contribution < -0.4 is 10.9 Å². The molecule has 1 unspecified atom stereocenters. The summed E-state index contributed by atoms with van der Waals surface area (Å²) >= 11 is 3.29. The van der Waals surface area contributed by atoms with Gasteiger partial charge in [-0.25, -0.2) is 4.68 Å². The first kappa shape index (κ1) is 15.2. The maximum Gasteiger partial charge on any atom is 0.283 e. The Kier molecular flexibility index (Phi) is 5.81. The molecule has 6 heteroatoms. The third-order valence-electron chi connectivity index (χ3n) is 2.60. The van der Waals surface area contributed by atoms with Crippen molar-refractivity contribution in [1.82, 2.24) is 9.78 Å². The molecule has 0 fully saturated rings. The highest BCUT2D eigenvalue weighted by Crippen LogP contribution is 2.18. The molecule has 18 heavy (non-hydrogen) atoms. The number of rotatable bonds is 6. The van der Waals surface area contributed by atoms with Gasteiger partial charge in [0, 0.05) is 12.6 Å². The summed E-state index contributed by atoms with van der Waals surface area (Å²) in [6.45, 7) is 6.66. The van der Waals surface area contributed by atoms with Gasteiger partial charge in [-0.1, -0.05) is 20.8 Å². The molecular formula is C12H20BrN3O2. The molecule has 0 aliphatic heterocycles. The van der Waals surface area contributed by atoms with Crippen molar-refractivity contribution in [2.24, 2.45) is 5.92 Å². The summed E-state index contributed by atoms with van der Waals surface area (Å²) in [5.41, 5.74) is 0.474. The average molecular weight is 318 g/mol. The molecule has 0 saturated carbocycles. The summed E-state index contributed by atoms with van der Waals surface area (Å²) in [6.07, 6.45) is 2.39. The van der Waals surface area contributed by atoms with E-state index in [1.165, 1.54) is 4.68 Å². The Bertz CT molecular complexity index is 441. The molecular weight excluding hydrogens is 298 g/mol. The lowest BCUT2D eigenvalue weighted by Gasteiger charge is -2.17. The Morgan fingerprint density at radius 3 is 2.72 bits per heavy atom. The second-order valence-corrected chi connectivity index (χ2v) is 5.48. The topological polar surface area (TPSA) is 67.2 Å². The summed E-state index contributed by atoms with van der Waals surface area (Å²) < 4.78 is 1.91. The molecule has 0 bridgehead atoms. The first-order valence-electron chi connectivity index (χ1n) is 6.12. The molecule has 0 aliphatic rings. The summed E-state index contributed by atoms with van der Waals surface area (Å²) in [4.78, 5) is 12.0. The van der Waals surface area contributed by atoms with Gasteiger partial charge in [-0.2, -0.15) is 5.10 Å². The summed E-state index contributed by atoms with van der Waals surface area (Å²) in [7, 11) is 0. The van der Waals surface area contributed by atoms with E-state index in [9.17, 15) is 4.79 Å². The maximum atomic E-state index is 12.0. The Morgan fingerprint density at radius 2 is 2.22 bits per heavy atom. The van der Waals surface area contributed by atoms with E-state index in [1.54, 1.807) is 6.20 Å². The van der Waals surface area contributed by atoms with Crippen molar-refractivity contribution in [3.8, 4) is 0 Å². The predicted octanol–water partition coefficient (Wildman–Crippen LogP) is 1.84. The van der Waals surface area contributed by atoms with Gasteiger partial charge in [-0.15, -0.1) is 0 Å². The van der Waals surface area contributed by atoms with E-state index in [2.05, 4.69) is 26.3 Å². The molecule has 0 amide bonds. The lowest BCUT2D eigenvalue weighted by molar-refractivity contribution is 0.271. The van der Waals surface area contributed by atoms with Crippen LogP contribution in [0.5, 0.6) is 0 Å². The van der Waals surface area contributed by atoms with Crippen LogP contribution in [0.3, 0.4) is 0 Å². The number of hydrogen-bond donors (Lipinski definition) is 2. The Balaban J connectivity index is 2.97. The van der Waals surface area contributed by atoms with Gasteiger partial charge >= 0.3 is 0 Å². The number of aliphatic hydroxyl groups is 1. The fourth-order valence-electron chi connectivity index (χ4n) is 1.54. The number of aromatic nitrogens is 2. The molecule has 1 heterocycles. The van der Waals surface area contributed by atoms with Crippen LogP contribution in [0.15, 0.2) is 15.5 Å². The molecule has 2 N–H and O–H groups in total. The highest BCUT2D eigenvalue weighted by atomic mass is 79.9. The van der Waals surface area contributed by atoms with Crippen molar-refractivity contribution in [1.29, 1.82) is 0 Å². The first-order chi connectivity index (χ1) is 8.49. The normalized spacial score (nSPS) is 12.8. The van der Waals surface area contributed by atoms with Crippen LogP contribution in [-0.2, 0) is 6.54 Å². The average Bonchev–Trinajstić information content (AvgIpc) is 2.34. The summed E-state index contributed by atoms with van der Waals surface area (Å²) in [6, 6.07) is -0.0663. The second-order valence-electron chi connectivity index (χ2n) is 4.69. The minimum atomic E-state index is -0.151. The monoisotopic (exact) mass is 317 g/mol. The van der Waals surface area contributed by atoms with Gasteiger partial charge in [0.1, 0.15) is 4.47 Å². The second kappa shape index (κ2) is 6.89. The van der Waals surface area contributed by atoms with Gasteiger partial charge in [-0.05, 0) is 28.3 Å². The third-order valence-corrected chi connectivity index (χ3v) is 3.36. The van der Waals surface area contributed by atoms with Crippen molar-refractivity contribution in [2.75, 3.05) is 11.9 Å². The van der Waals surface area contributed by atoms with Gasteiger partial charge in [0.25, 0.3) is 5.56 Å². The van der Waals surface area contributed by atoms with E-state index < -0.39 is 0 Å². The van der Waals surface area contributed by atoms with Crippen LogP contribution in [0.25, 0.3) is 0 Å². The Hall–Kier alpha value is -0.880. The van der Waals surface area contributed by atoms with Gasteiger partial charge in [0.15, 0.2) is 0 Å². The lowest BCUT2D eigenvalue weighted by Crippen LogP contribution is -2.29. The third kappa shape index (κ3) is 3.81. The number of anilines is 1. The molecule has 102 valence electrons. The van der Waals surface area contributed by atoms with E-state index in [0.717, 1.165) is 6.42 Å². The van der Waals surface area contributed by atoms with Crippen LogP contribution >= 0.6 is 15.9 Å². The largest absolute Gasteiger partial charge is 0.394 e. The quantitative estimate of drug-likeness (QED) is 0.840. The van der Waals surface area contributed by atoms with Gasteiger partial charge in [0.2, 0.25) is 0 Å². The van der Waals surface area contributed by atoms with Crippen LogP contribution in [0, 0.1) is 5.92 Å². The van der Waals surface area contributed by atoms with Gasteiger partial charge < -0.3 is 10.4 Å². The number of hydrogen-bond acceptors (Lipinski definition) is 4. The van der Waals surface area contributed by atoms with E-state index in [0.29, 0.717) is 22.6 Å². The van der Waals surface area contributed by atoms with E-state index in [1.807, 2.05) is 20.8 Å². The number of nitrogens with one attached hydrogen (secondary N) is 1. The molecule has 1 rings (SSSR count). The maximum absolute atomic E-state index is 12.0. The fourth-order valence-corrected chi connectivity index (χ4v) is 1.96. The highest BCUT2D eigenvalue weighted by Gasteiger charge is 2.12. The Labute approximate surface area is 115 Å². The zero-order valence-electron chi connectivity index (χ0n) is 11.0. The van der Waals surface area contributed by atoms with Gasteiger partial charge in [-0.3, -0.25) is 4.79 Å². The summed E-state index contributed by atoms with van der Waals surface area (Å²) in [5.74, 6) is 0.363. The molecule has 0 saturated heterocycles. The number of nitrogens with zero attached hydrogens (tertiary/aromatic N) is 2. The molecule has 1 aromatic rings. The predicted molar refractivity (Wildman–Crippen MR) is 75.8 cm³/mol. The van der Waals surface area contributed by atoms with Crippen molar-refractivity contribution in [2.45, 2.75) is 39.8 Å². The molecule has 0 spiro atoms. The zero-order chi connectivity index (χ0) is 13.7. The SMILES string of the molecule is CCC(CO)Nc1cnn(CC(C)C)c(=O)c1Br. The van der Waals surface area contributed by atoms with Crippen LogP contribution in [0.1, 0.15) is 27.2 Å². The molecule has 0 aliphatic carbocycles. The molecule has 1 atom stereocenters. The fraction of sp³-hybridized carbons (Fsp3) is 0.667. The van der Waals surface area contributed by atoms with Gasteiger partial charge in [0.05, 0.1) is 18.5 Å². The van der Waals surface area contributed by atoms with Crippen LogP contribution in [-0.4, -0.2) is 27.5 Å². The minimum Gasteiger partial charge on any atom is -0.394 e. The lowest BCUT2D eigenvalue weighted by atomic mass is 10.2. The standard InChI is InChI=1S/C12H20BrN3O2/c1-4-9(7-17)15-10-5-14-16(6-8(2)3)12(18)11(10)13/h5,8-9,15,17H,4,6-7H2,1-3H3. The molecule has 5 nitrogen and oxygen atoms in total. The van der Waals surface area contributed by atoms with Crippen LogP contribution in [0.2, 0.25) is 0 Å². The first-order valence-corrected chi connectivity index (χ1v) is 6.91. The highest BCUT2D eigenvalue weighted by molar-refractivity contribution is 9.10. The van der Waals surface area contributed by atoms with E-state index in [4.69, 9.17) is 5.11 Å². The van der Waals surface area contributed by atoms with Crippen molar-refractivity contribution >= 4 is 21.6 Å². The summed E-state index contributed by atoms with van der Waals surface area (Å²) in [5, 5.41) is 16.4. The Morgan fingerprint density at radius 1 is 1.56 bits per heavy atom. The van der Waals surface area contributed by atoms with Crippen molar-refractivity contribution in [3.63, 3.8) is 0 Å². The number of halogens is 1. The van der Waals surface area contributed by atoms with Crippen molar-refractivity contribution < 1.29 is 5.11 Å². The molecule has 1 aromatic heterocycles. The zero-order valence-corrected chi connectivity index (χ0v) is 12.6. The van der Waals surface area contributed by atoms with E-state index in [-0.39, 0.29) is 18.2 Å². The number of aliphatic hydroxyl groups excluding tert-OH is 1.